The highest BCUT2D eigenvalue weighted by Gasteiger charge is 2.42. The van der Waals surface area contributed by atoms with Gasteiger partial charge in [-0.05, 0) is 61.9 Å². The summed E-state index contributed by atoms with van der Waals surface area (Å²) in [6, 6.07) is 10.6. The van der Waals surface area contributed by atoms with Gasteiger partial charge in [0.05, 0.1) is 23.4 Å². The number of benzene rings is 1. The number of aliphatic hydroxyl groups is 2. The van der Waals surface area contributed by atoms with E-state index in [-0.39, 0.29) is 17.8 Å². The molecule has 0 amide bonds. The lowest BCUT2D eigenvalue weighted by Gasteiger charge is -2.19. The molecule has 35 heavy (non-hydrogen) atoms. The summed E-state index contributed by atoms with van der Waals surface area (Å²) in [6.07, 6.45) is -0.806. The lowest BCUT2D eigenvalue weighted by molar-refractivity contribution is -0.115. The SMILES string of the molecule is Cc1ncnc2c1ccn2[C@@H]1C[C@H](CCc2ccc3ccc(NCC(F)(F)F)nc3c2)[C@@H](O)[C@H]1O. The number of aliphatic hydroxyl groups excluding tert-OH is 2. The van der Waals surface area contributed by atoms with Gasteiger partial charge in [-0.2, -0.15) is 13.2 Å². The highest BCUT2D eigenvalue weighted by Crippen LogP contribution is 2.39. The summed E-state index contributed by atoms with van der Waals surface area (Å²) < 4.78 is 39.4. The van der Waals surface area contributed by atoms with Crippen molar-refractivity contribution in [2.24, 2.45) is 5.92 Å². The number of aryl methyl sites for hydroxylation is 2. The summed E-state index contributed by atoms with van der Waals surface area (Å²) in [6.45, 7) is 0.765. The van der Waals surface area contributed by atoms with Crippen molar-refractivity contribution in [3.8, 4) is 0 Å². The number of aromatic nitrogens is 4. The monoisotopic (exact) mass is 485 g/mol. The van der Waals surface area contributed by atoms with E-state index in [1.807, 2.05) is 42.0 Å². The van der Waals surface area contributed by atoms with Gasteiger partial charge in [-0.1, -0.05) is 12.1 Å². The van der Waals surface area contributed by atoms with Crippen LogP contribution in [0.25, 0.3) is 21.9 Å². The van der Waals surface area contributed by atoms with E-state index in [0.29, 0.717) is 24.8 Å². The first kappa shape index (κ1) is 23.5. The van der Waals surface area contributed by atoms with Gasteiger partial charge in [0.2, 0.25) is 0 Å². The van der Waals surface area contributed by atoms with Gasteiger partial charge in [0.1, 0.15) is 30.4 Å². The lowest BCUT2D eigenvalue weighted by atomic mass is 9.95. The molecule has 4 atom stereocenters. The second kappa shape index (κ2) is 9.09. The Morgan fingerprint density at radius 3 is 2.69 bits per heavy atom. The molecule has 184 valence electrons. The van der Waals surface area contributed by atoms with Crippen molar-refractivity contribution in [2.45, 2.75) is 50.6 Å². The van der Waals surface area contributed by atoms with E-state index in [9.17, 15) is 23.4 Å². The number of anilines is 1. The fourth-order valence-electron chi connectivity index (χ4n) is 4.99. The Morgan fingerprint density at radius 1 is 1.09 bits per heavy atom. The number of halogens is 3. The Hall–Kier alpha value is -3.24. The highest BCUT2D eigenvalue weighted by atomic mass is 19.4. The third kappa shape index (κ3) is 4.81. The molecule has 3 N–H and O–H groups in total. The Kier molecular flexibility index (Phi) is 6.10. The minimum absolute atomic E-state index is 0.112. The van der Waals surface area contributed by atoms with Crippen LogP contribution >= 0.6 is 0 Å². The Balaban J connectivity index is 1.28. The third-order valence-corrected chi connectivity index (χ3v) is 6.87. The van der Waals surface area contributed by atoms with Gasteiger partial charge in [0.25, 0.3) is 0 Å². The quantitative estimate of drug-likeness (QED) is 0.379. The number of hydrogen-bond acceptors (Lipinski definition) is 6. The van der Waals surface area contributed by atoms with Gasteiger partial charge in [0, 0.05) is 17.0 Å². The molecule has 10 heteroatoms. The highest BCUT2D eigenvalue weighted by molar-refractivity contribution is 5.81. The second-order valence-electron chi connectivity index (χ2n) is 9.19. The van der Waals surface area contributed by atoms with Gasteiger partial charge in [0.15, 0.2) is 0 Å². The predicted molar refractivity (Wildman–Crippen MR) is 126 cm³/mol. The number of alkyl halides is 3. The minimum atomic E-state index is -4.32. The Labute approximate surface area is 199 Å². The first-order chi connectivity index (χ1) is 16.7. The van der Waals surface area contributed by atoms with Gasteiger partial charge in [-0.15, -0.1) is 0 Å². The molecule has 7 nitrogen and oxygen atoms in total. The van der Waals surface area contributed by atoms with Crippen molar-refractivity contribution in [3.05, 3.63) is 60.2 Å². The van der Waals surface area contributed by atoms with Gasteiger partial charge >= 0.3 is 6.18 Å². The van der Waals surface area contributed by atoms with Crippen LogP contribution in [0.15, 0.2) is 48.9 Å². The van der Waals surface area contributed by atoms with Crippen LogP contribution in [0.4, 0.5) is 19.0 Å². The molecule has 0 bridgehead atoms. The number of pyridine rings is 1. The Morgan fingerprint density at radius 2 is 1.89 bits per heavy atom. The number of fused-ring (bicyclic) bond motifs is 2. The van der Waals surface area contributed by atoms with Crippen molar-refractivity contribution in [3.63, 3.8) is 0 Å². The molecule has 1 aliphatic rings. The molecular weight excluding hydrogens is 459 g/mol. The van der Waals surface area contributed by atoms with Crippen LogP contribution in [-0.2, 0) is 6.42 Å². The fourth-order valence-corrected chi connectivity index (χ4v) is 4.99. The normalized spacial score (nSPS) is 22.8. The van der Waals surface area contributed by atoms with Crippen LogP contribution in [0.5, 0.6) is 0 Å². The molecule has 1 saturated carbocycles. The Bertz CT molecular complexity index is 1360. The van der Waals surface area contributed by atoms with Crippen molar-refractivity contribution in [2.75, 3.05) is 11.9 Å². The van der Waals surface area contributed by atoms with Gasteiger partial charge < -0.3 is 20.1 Å². The zero-order chi connectivity index (χ0) is 24.7. The molecule has 4 aromatic rings. The number of rotatable bonds is 6. The van der Waals surface area contributed by atoms with E-state index < -0.39 is 24.9 Å². The van der Waals surface area contributed by atoms with Crippen LogP contribution in [0, 0.1) is 12.8 Å². The average Bonchev–Trinajstić information content (AvgIpc) is 3.37. The van der Waals surface area contributed by atoms with Gasteiger partial charge in [-0.25, -0.2) is 15.0 Å². The van der Waals surface area contributed by atoms with E-state index in [2.05, 4.69) is 20.3 Å². The van der Waals surface area contributed by atoms with Crippen molar-refractivity contribution in [1.82, 2.24) is 19.5 Å². The largest absolute Gasteiger partial charge is 0.405 e. The molecule has 3 aromatic heterocycles. The van der Waals surface area contributed by atoms with Crippen molar-refractivity contribution < 1.29 is 23.4 Å². The maximum atomic E-state index is 12.5. The first-order valence-electron chi connectivity index (χ1n) is 11.5. The molecule has 0 radical (unpaired) electrons. The maximum absolute atomic E-state index is 12.5. The fraction of sp³-hybridized carbons (Fsp3) is 0.400. The molecule has 0 aliphatic heterocycles. The van der Waals surface area contributed by atoms with E-state index in [4.69, 9.17) is 0 Å². The second-order valence-corrected chi connectivity index (χ2v) is 9.19. The third-order valence-electron chi connectivity index (χ3n) is 6.87. The van der Waals surface area contributed by atoms with Crippen molar-refractivity contribution >= 4 is 27.8 Å². The number of nitrogens with one attached hydrogen (secondary N) is 1. The summed E-state index contributed by atoms with van der Waals surface area (Å²) in [7, 11) is 0. The molecule has 3 heterocycles. The topological polar surface area (TPSA) is 96.1 Å². The van der Waals surface area contributed by atoms with Crippen LogP contribution in [0.1, 0.15) is 30.1 Å². The molecule has 1 aliphatic carbocycles. The smallest absolute Gasteiger partial charge is 0.390 e. The lowest BCUT2D eigenvalue weighted by Crippen LogP contribution is -2.29. The molecule has 0 spiro atoms. The molecule has 5 rings (SSSR count). The van der Waals surface area contributed by atoms with Crippen LogP contribution < -0.4 is 5.32 Å². The van der Waals surface area contributed by atoms with E-state index in [1.54, 1.807) is 6.07 Å². The summed E-state index contributed by atoms with van der Waals surface area (Å²) >= 11 is 0. The molecule has 1 aromatic carbocycles. The zero-order valence-electron chi connectivity index (χ0n) is 19.1. The summed E-state index contributed by atoms with van der Waals surface area (Å²) in [5, 5.41) is 25.6. The standard InChI is InChI=1S/C25H26F3N5O2/c1-14-18-8-9-33(24(18)31-13-30-14)20-11-17(22(34)23(20)35)5-3-15-2-4-16-6-7-21(32-19(16)10-15)29-12-25(26,27)28/h2,4,6-10,13,17,20,22-23,34-35H,3,5,11-12H2,1H3,(H,29,32)/t17-,20+,22+,23-/m0/s1. The molecular formula is C25H26F3N5O2. The number of nitrogens with zero attached hydrogens (tertiary/aromatic N) is 4. The number of hydrogen-bond donors (Lipinski definition) is 3. The minimum Gasteiger partial charge on any atom is -0.390 e. The molecule has 0 saturated heterocycles. The average molecular weight is 486 g/mol. The van der Waals surface area contributed by atoms with Crippen LogP contribution in [0.3, 0.4) is 0 Å². The van der Waals surface area contributed by atoms with Crippen LogP contribution in [0.2, 0.25) is 0 Å². The predicted octanol–water partition coefficient (Wildman–Crippen LogP) is 4.18. The first-order valence-corrected chi connectivity index (χ1v) is 11.5. The van der Waals surface area contributed by atoms with E-state index in [0.717, 1.165) is 27.7 Å². The summed E-state index contributed by atoms with van der Waals surface area (Å²) in [4.78, 5) is 12.9. The van der Waals surface area contributed by atoms with Crippen LogP contribution in [-0.4, -0.2) is 54.7 Å². The summed E-state index contributed by atoms with van der Waals surface area (Å²) in [5.41, 5.74) is 3.18. The van der Waals surface area contributed by atoms with E-state index >= 15 is 0 Å². The maximum Gasteiger partial charge on any atom is 0.405 e. The molecule has 1 fully saturated rings. The van der Waals surface area contributed by atoms with Gasteiger partial charge in [-0.3, -0.25) is 0 Å². The van der Waals surface area contributed by atoms with Crippen molar-refractivity contribution in [1.29, 1.82) is 0 Å². The summed E-state index contributed by atoms with van der Waals surface area (Å²) in [5.74, 6) is 0.0565. The molecule has 0 unspecified atom stereocenters. The zero-order valence-corrected chi connectivity index (χ0v) is 19.1. The van der Waals surface area contributed by atoms with E-state index in [1.165, 1.54) is 12.4 Å².